The van der Waals surface area contributed by atoms with Crippen LogP contribution in [0.4, 0.5) is 5.69 Å². The summed E-state index contributed by atoms with van der Waals surface area (Å²) in [6.45, 7) is 1.54. The van der Waals surface area contributed by atoms with Crippen molar-refractivity contribution < 1.29 is 4.79 Å². The number of aliphatic imine (C=N–C) groups is 2. The minimum absolute atomic E-state index is 0.115. The fourth-order valence-electron chi connectivity index (χ4n) is 3.49. The Morgan fingerprint density at radius 1 is 1.18 bits per heavy atom. The van der Waals surface area contributed by atoms with Gasteiger partial charge in [-0.2, -0.15) is 0 Å². The number of amides is 1. The van der Waals surface area contributed by atoms with Gasteiger partial charge in [-0.15, -0.1) is 0 Å². The molecule has 3 aliphatic rings. The number of amidine groups is 1. The third-order valence-electron chi connectivity index (χ3n) is 4.68. The molecule has 2 heterocycles. The number of para-hydroxylation sites is 1. The lowest BCUT2D eigenvalue weighted by Crippen LogP contribution is -2.49. The van der Waals surface area contributed by atoms with Gasteiger partial charge in [0.1, 0.15) is 5.84 Å². The van der Waals surface area contributed by atoms with E-state index in [9.17, 15) is 4.79 Å². The van der Waals surface area contributed by atoms with Gasteiger partial charge < -0.3 is 0 Å². The molecule has 1 amide bonds. The predicted octanol–water partition coefficient (Wildman–Crippen LogP) is 2.45. The third-order valence-corrected chi connectivity index (χ3v) is 4.68. The average Bonchev–Trinajstić information content (AvgIpc) is 3.06. The molecule has 2 aliphatic heterocycles. The minimum atomic E-state index is 0.115. The van der Waals surface area contributed by atoms with Crippen molar-refractivity contribution >= 4 is 23.4 Å². The quantitative estimate of drug-likeness (QED) is 0.865. The van der Waals surface area contributed by atoms with Gasteiger partial charge in [-0.3, -0.25) is 20.0 Å². The van der Waals surface area contributed by atoms with Gasteiger partial charge in [0.05, 0.1) is 12.2 Å². The van der Waals surface area contributed by atoms with Gasteiger partial charge in [0, 0.05) is 18.0 Å². The SMILES string of the molecule is O=C(NC1=Nc2ccccc2C2=NCCN12)C1CCCCC1. The van der Waals surface area contributed by atoms with Crippen LogP contribution in [0.5, 0.6) is 0 Å². The molecule has 0 unspecified atom stereocenters. The van der Waals surface area contributed by atoms with E-state index < -0.39 is 0 Å². The maximum atomic E-state index is 12.5. The van der Waals surface area contributed by atoms with E-state index in [0.29, 0.717) is 5.96 Å². The number of hydrogen-bond donors (Lipinski definition) is 1. The molecule has 22 heavy (non-hydrogen) atoms. The van der Waals surface area contributed by atoms with Gasteiger partial charge in [-0.05, 0) is 25.0 Å². The summed E-state index contributed by atoms with van der Waals surface area (Å²) >= 11 is 0. The van der Waals surface area contributed by atoms with Gasteiger partial charge in [0.2, 0.25) is 11.9 Å². The van der Waals surface area contributed by atoms with Crippen molar-refractivity contribution in [3.63, 3.8) is 0 Å². The second-order valence-electron chi connectivity index (χ2n) is 6.13. The Hall–Kier alpha value is -2.17. The first-order chi connectivity index (χ1) is 10.8. The zero-order valence-electron chi connectivity index (χ0n) is 12.6. The zero-order valence-corrected chi connectivity index (χ0v) is 12.6. The first kappa shape index (κ1) is 13.5. The lowest BCUT2D eigenvalue weighted by molar-refractivity contribution is -0.124. The smallest absolute Gasteiger partial charge is 0.229 e. The van der Waals surface area contributed by atoms with Crippen LogP contribution in [0.15, 0.2) is 34.3 Å². The van der Waals surface area contributed by atoms with Crippen LogP contribution in [-0.2, 0) is 4.79 Å². The Bertz CT molecular complexity index is 658. The van der Waals surface area contributed by atoms with E-state index in [1.807, 2.05) is 29.2 Å². The highest BCUT2D eigenvalue weighted by Gasteiger charge is 2.31. The molecule has 0 atom stereocenters. The number of nitrogens with one attached hydrogen (secondary N) is 1. The van der Waals surface area contributed by atoms with Crippen LogP contribution in [0.2, 0.25) is 0 Å². The van der Waals surface area contributed by atoms with E-state index in [2.05, 4.69) is 15.3 Å². The summed E-state index contributed by atoms with van der Waals surface area (Å²) in [4.78, 5) is 23.8. The average molecular weight is 296 g/mol. The van der Waals surface area contributed by atoms with Crippen LogP contribution in [0.25, 0.3) is 0 Å². The molecule has 0 radical (unpaired) electrons. The van der Waals surface area contributed by atoms with E-state index >= 15 is 0 Å². The lowest BCUT2D eigenvalue weighted by atomic mass is 9.89. The van der Waals surface area contributed by atoms with Gasteiger partial charge >= 0.3 is 0 Å². The molecule has 0 aromatic heterocycles. The Balaban J connectivity index is 1.60. The molecule has 1 fully saturated rings. The van der Waals surface area contributed by atoms with Crippen LogP contribution in [0.1, 0.15) is 37.7 Å². The molecule has 114 valence electrons. The monoisotopic (exact) mass is 296 g/mol. The topological polar surface area (TPSA) is 57.1 Å². The number of fused-ring (bicyclic) bond motifs is 3. The number of nitrogens with zero attached hydrogens (tertiary/aromatic N) is 3. The molecule has 1 aromatic carbocycles. The Labute approximate surface area is 130 Å². The van der Waals surface area contributed by atoms with Crippen LogP contribution in [-0.4, -0.2) is 35.7 Å². The molecular weight excluding hydrogens is 276 g/mol. The number of hydrogen-bond acceptors (Lipinski definition) is 4. The highest BCUT2D eigenvalue weighted by Crippen LogP contribution is 2.28. The van der Waals surface area contributed by atoms with Gasteiger partial charge in [-0.1, -0.05) is 31.4 Å². The Morgan fingerprint density at radius 3 is 2.86 bits per heavy atom. The lowest BCUT2D eigenvalue weighted by Gasteiger charge is -2.29. The number of carbonyl (C=O) groups excluding carboxylic acids is 1. The summed E-state index contributed by atoms with van der Waals surface area (Å²) in [7, 11) is 0. The number of carbonyl (C=O) groups is 1. The summed E-state index contributed by atoms with van der Waals surface area (Å²) in [5, 5.41) is 3.06. The van der Waals surface area contributed by atoms with E-state index in [1.165, 1.54) is 6.42 Å². The first-order valence-corrected chi connectivity index (χ1v) is 8.14. The molecule has 1 aliphatic carbocycles. The summed E-state index contributed by atoms with van der Waals surface area (Å²) in [5.74, 6) is 1.83. The van der Waals surface area contributed by atoms with Crippen molar-refractivity contribution in [3.05, 3.63) is 29.8 Å². The van der Waals surface area contributed by atoms with Crippen molar-refractivity contribution in [3.8, 4) is 0 Å². The fourth-order valence-corrected chi connectivity index (χ4v) is 3.49. The van der Waals surface area contributed by atoms with Gasteiger partial charge in [-0.25, -0.2) is 4.99 Å². The van der Waals surface area contributed by atoms with Gasteiger partial charge in [0.25, 0.3) is 0 Å². The summed E-state index contributed by atoms with van der Waals surface area (Å²) in [6.07, 6.45) is 5.56. The van der Waals surface area contributed by atoms with Crippen molar-refractivity contribution in [2.75, 3.05) is 13.1 Å². The molecule has 1 aromatic rings. The number of guanidine groups is 1. The normalized spacial score (nSPS) is 20.8. The summed E-state index contributed by atoms with van der Waals surface area (Å²) < 4.78 is 0. The number of benzene rings is 1. The van der Waals surface area contributed by atoms with Crippen molar-refractivity contribution in [1.82, 2.24) is 10.2 Å². The standard InChI is InChI=1S/C17H20N4O/c22-16(12-6-2-1-3-7-12)20-17-19-14-9-5-4-8-13(14)15-18-10-11-21(15)17/h4-5,8-9,12H,1-3,6-7,10-11H2,(H,19,20,22). The molecule has 0 saturated heterocycles. The molecule has 4 rings (SSSR count). The van der Waals surface area contributed by atoms with E-state index in [1.54, 1.807) is 0 Å². The first-order valence-electron chi connectivity index (χ1n) is 8.14. The van der Waals surface area contributed by atoms with Crippen LogP contribution < -0.4 is 5.32 Å². The second-order valence-corrected chi connectivity index (χ2v) is 6.13. The molecule has 5 nitrogen and oxygen atoms in total. The zero-order chi connectivity index (χ0) is 14.9. The van der Waals surface area contributed by atoms with Crippen molar-refractivity contribution in [2.24, 2.45) is 15.9 Å². The second kappa shape index (κ2) is 5.55. The summed E-state index contributed by atoms with van der Waals surface area (Å²) in [5.41, 5.74) is 1.94. The van der Waals surface area contributed by atoms with E-state index in [4.69, 9.17) is 0 Å². The molecular formula is C17H20N4O. The van der Waals surface area contributed by atoms with Crippen LogP contribution >= 0.6 is 0 Å². The van der Waals surface area contributed by atoms with Gasteiger partial charge in [0.15, 0.2) is 0 Å². The fraction of sp³-hybridized carbons (Fsp3) is 0.471. The predicted molar refractivity (Wildman–Crippen MR) is 86.4 cm³/mol. The molecule has 0 bridgehead atoms. The number of rotatable bonds is 1. The largest absolute Gasteiger partial charge is 0.296 e. The summed E-state index contributed by atoms with van der Waals surface area (Å²) in [6, 6.07) is 7.98. The van der Waals surface area contributed by atoms with Crippen LogP contribution in [0, 0.1) is 5.92 Å². The molecule has 0 spiro atoms. The Morgan fingerprint density at radius 2 is 2.00 bits per heavy atom. The highest BCUT2D eigenvalue weighted by atomic mass is 16.2. The molecule has 1 N–H and O–H groups in total. The molecule has 1 saturated carbocycles. The Kier molecular flexibility index (Phi) is 3.41. The van der Waals surface area contributed by atoms with Crippen LogP contribution in [0.3, 0.4) is 0 Å². The maximum absolute atomic E-state index is 12.5. The van der Waals surface area contributed by atoms with Crippen molar-refractivity contribution in [1.29, 1.82) is 0 Å². The third kappa shape index (κ3) is 2.30. The van der Waals surface area contributed by atoms with E-state index in [-0.39, 0.29) is 11.8 Å². The molecule has 5 heteroatoms. The maximum Gasteiger partial charge on any atom is 0.229 e. The highest BCUT2D eigenvalue weighted by molar-refractivity contribution is 6.18. The van der Waals surface area contributed by atoms with E-state index in [0.717, 1.165) is 55.9 Å². The van der Waals surface area contributed by atoms with Crippen molar-refractivity contribution in [2.45, 2.75) is 32.1 Å². The minimum Gasteiger partial charge on any atom is -0.296 e.